The van der Waals surface area contributed by atoms with E-state index in [2.05, 4.69) is 9.97 Å². The highest BCUT2D eigenvalue weighted by atomic mass is 19.1. The van der Waals surface area contributed by atoms with Gasteiger partial charge in [-0.2, -0.15) is 13.8 Å². The zero-order valence-electron chi connectivity index (χ0n) is 19.2. The number of halogens is 2. The van der Waals surface area contributed by atoms with Crippen molar-refractivity contribution in [2.24, 2.45) is 18.5 Å². The van der Waals surface area contributed by atoms with Crippen molar-refractivity contribution in [3.63, 3.8) is 0 Å². The minimum Gasteiger partial charge on any atom is -0.504 e. The highest BCUT2D eigenvalue weighted by molar-refractivity contribution is 5.95. The van der Waals surface area contributed by atoms with Crippen LogP contribution < -0.4 is 25.7 Å². The average molecular weight is 510 g/mol. The van der Waals surface area contributed by atoms with E-state index in [1.807, 2.05) is 0 Å². The summed E-state index contributed by atoms with van der Waals surface area (Å²) >= 11 is 0. The van der Waals surface area contributed by atoms with Gasteiger partial charge in [0.25, 0.3) is 17.7 Å². The van der Waals surface area contributed by atoms with Crippen LogP contribution in [0, 0.1) is 17.0 Å². The number of primary amides is 1. The van der Waals surface area contributed by atoms with Crippen LogP contribution in [0.15, 0.2) is 54.9 Å². The van der Waals surface area contributed by atoms with Gasteiger partial charge in [-0.1, -0.05) is 12.1 Å². The van der Waals surface area contributed by atoms with Crippen LogP contribution in [0.5, 0.6) is 34.8 Å². The van der Waals surface area contributed by atoms with E-state index in [1.165, 1.54) is 18.2 Å². The highest BCUT2D eigenvalue weighted by Gasteiger charge is 2.26. The number of benzene rings is 2. The van der Waals surface area contributed by atoms with Crippen LogP contribution >= 0.6 is 0 Å². The third-order valence-electron chi connectivity index (χ3n) is 4.94. The first kappa shape index (κ1) is 24.9. The fraction of sp³-hybridized carbons (Fsp3) is 0.0833. The van der Waals surface area contributed by atoms with E-state index in [9.17, 15) is 9.90 Å². The third-order valence-corrected chi connectivity index (χ3v) is 4.94. The van der Waals surface area contributed by atoms with Crippen molar-refractivity contribution in [1.82, 2.24) is 14.5 Å². The van der Waals surface area contributed by atoms with Gasteiger partial charge in [0.05, 0.1) is 0 Å². The molecule has 0 aliphatic heterocycles. The van der Waals surface area contributed by atoms with E-state index >= 15 is 8.78 Å². The van der Waals surface area contributed by atoms with Crippen LogP contribution in [0.2, 0.25) is 0 Å². The number of ether oxygens (including phenoxy) is 3. The predicted molar refractivity (Wildman–Crippen MR) is 127 cm³/mol. The molecular weight excluding hydrogens is 490 g/mol. The molecular formula is C24H20F2N6O5. The number of aromatic hydroxyl groups is 1. The Kier molecular flexibility index (Phi) is 6.86. The second-order valence-electron chi connectivity index (χ2n) is 7.62. The van der Waals surface area contributed by atoms with Crippen molar-refractivity contribution in [1.29, 1.82) is 5.41 Å². The zero-order valence-corrected chi connectivity index (χ0v) is 19.2. The molecule has 0 aliphatic rings. The summed E-state index contributed by atoms with van der Waals surface area (Å²) < 4.78 is 48.0. The Labute approximate surface area is 208 Å². The van der Waals surface area contributed by atoms with Crippen molar-refractivity contribution >= 4 is 11.7 Å². The smallest absolute Gasteiger partial charge is 0.263 e. The lowest BCUT2D eigenvalue weighted by Gasteiger charge is -2.15. The number of imidazole rings is 1. The number of amides is 1. The number of carbonyl (C=O) groups is 1. The summed E-state index contributed by atoms with van der Waals surface area (Å²) in [5, 5.41) is 17.7. The van der Waals surface area contributed by atoms with Gasteiger partial charge in [-0.25, -0.2) is 4.98 Å². The number of phenols is 1. The first-order valence-corrected chi connectivity index (χ1v) is 10.5. The lowest BCUT2D eigenvalue weighted by Crippen LogP contribution is -2.21. The summed E-state index contributed by atoms with van der Waals surface area (Å²) in [4.78, 5) is 19.2. The topological polar surface area (TPSA) is 172 Å². The molecule has 0 aliphatic carbocycles. The number of aromatic nitrogens is 3. The van der Waals surface area contributed by atoms with E-state index < -0.39 is 47.4 Å². The van der Waals surface area contributed by atoms with Gasteiger partial charge in [-0.05, 0) is 30.3 Å². The highest BCUT2D eigenvalue weighted by Crippen LogP contribution is 2.39. The van der Waals surface area contributed by atoms with Gasteiger partial charge in [-0.3, -0.25) is 10.2 Å². The Morgan fingerprint density at radius 2 is 1.84 bits per heavy atom. The average Bonchev–Trinajstić information content (AvgIpc) is 3.29. The molecule has 4 aromatic rings. The number of amidine groups is 1. The fourth-order valence-corrected chi connectivity index (χ4v) is 3.21. The van der Waals surface area contributed by atoms with Crippen LogP contribution in [-0.4, -0.2) is 38.0 Å². The molecule has 1 amide bonds. The van der Waals surface area contributed by atoms with Gasteiger partial charge >= 0.3 is 0 Å². The summed E-state index contributed by atoms with van der Waals surface area (Å²) in [6.45, 7) is -0.851. The molecule has 0 atom stereocenters. The molecule has 0 unspecified atom stereocenters. The largest absolute Gasteiger partial charge is 0.504 e. The van der Waals surface area contributed by atoms with E-state index in [4.69, 9.17) is 31.1 Å². The van der Waals surface area contributed by atoms with E-state index in [1.54, 1.807) is 42.2 Å². The number of phenolic OH excluding ortho intramolecular Hbond substituents is 1. The van der Waals surface area contributed by atoms with E-state index in [-0.39, 0.29) is 22.9 Å². The first-order valence-electron chi connectivity index (χ1n) is 10.5. The SMILES string of the molecule is Cn1ccnc1-c1cccc(Oc2nc(Oc3cc(C(=N)N)ccc3O)c(F)c(OCC(N)=O)c2F)c1. The molecule has 6 N–H and O–H groups in total. The van der Waals surface area contributed by atoms with Crippen LogP contribution in [0.4, 0.5) is 8.78 Å². The standard InChI is InChI=1S/C24H20F2N6O5/c1-32-8-7-30-22(32)13-3-2-4-14(9-13)36-23-18(25)20(35-11-17(27)34)19(26)24(31-23)37-16-10-12(21(28)29)5-6-15(16)33/h2-10,33H,11H2,1H3,(H2,27,34)(H3,28,29). The molecule has 0 bridgehead atoms. The third kappa shape index (κ3) is 5.40. The van der Waals surface area contributed by atoms with Gasteiger partial charge in [0, 0.05) is 30.6 Å². The number of carbonyl (C=O) groups excluding carboxylic acids is 1. The molecule has 37 heavy (non-hydrogen) atoms. The number of nitrogens with one attached hydrogen (secondary N) is 1. The monoisotopic (exact) mass is 510 g/mol. The maximum Gasteiger partial charge on any atom is 0.263 e. The Bertz CT molecular complexity index is 1510. The predicted octanol–water partition coefficient (Wildman–Crippen LogP) is 3.20. The van der Waals surface area contributed by atoms with Crippen molar-refractivity contribution in [3.8, 4) is 46.1 Å². The van der Waals surface area contributed by atoms with Gasteiger partial charge in [0.1, 0.15) is 17.4 Å². The number of nitrogens with zero attached hydrogens (tertiary/aromatic N) is 3. The first-order chi connectivity index (χ1) is 17.6. The number of rotatable bonds is 9. The Morgan fingerprint density at radius 1 is 1.11 bits per heavy atom. The molecule has 190 valence electrons. The van der Waals surface area contributed by atoms with Crippen LogP contribution in [0.25, 0.3) is 11.4 Å². The molecule has 0 saturated heterocycles. The summed E-state index contributed by atoms with van der Waals surface area (Å²) in [6.07, 6.45) is 3.35. The van der Waals surface area contributed by atoms with Crippen LogP contribution in [0.3, 0.4) is 0 Å². The molecule has 2 heterocycles. The Hall–Kier alpha value is -5.20. The Morgan fingerprint density at radius 3 is 2.49 bits per heavy atom. The minimum atomic E-state index is -1.43. The number of nitrogen functional groups attached to an aromatic ring is 1. The van der Waals surface area contributed by atoms with Gasteiger partial charge < -0.3 is 35.4 Å². The molecule has 0 saturated carbocycles. The maximum absolute atomic E-state index is 15.2. The summed E-state index contributed by atoms with van der Waals surface area (Å²) in [6, 6.07) is 10.1. The fourth-order valence-electron chi connectivity index (χ4n) is 3.21. The molecule has 0 radical (unpaired) electrons. The van der Waals surface area contributed by atoms with Crippen molar-refractivity contribution in [2.75, 3.05) is 6.61 Å². The van der Waals surface area contributed by atoms with E-state index in [0.29, 0.717) is 11.4 Å². The van der Waals surface area contributed by atoms with Crippen molar-refractivity contribution in [2.45, 2.75) is 0 Å². The number of hydrogen-bond acceptors (Lipinski definition) is 8. The molecule has 2 aromatic carbocycles. The second-order valence-corrected chi connectivity index (χ2v) is 7.62. The number of pyridine rings is 1. The number of hydrogen-bond donors (Lipinski definition) is 4. The molecule has 0 fully saturated rings. The summed E-state index contributed by atoms with van der Waals surface area (Å²) in [7, 11) is 1.79. The zero-order chi connectivity index (χ0) is 26.7. The quantitative estimate of drug-likeness (QED) is 0.196. The molecule has 11 nitrogen and oxygen atoms in total. The maximum atomic E-state index is 15.2. The second kappa shape index (κ2) is 10.2. The van der Waals surface area contributed by atoms with Crippen LogP contribution in [0.1, 0.15) is 5.56 Å². The van der Waals surface area contributed by atoms with Gasteiger partial charge in [-0.15, -0.1) is 0 Å². The van der Waals surface area contributed by atoms with Crippen molar-refractivity contribution in [3.05, 3.63) is 72.1 Å². The molecule has 13 heteroatoms. The van der Waals surface area contributed by atoms with Crippen LogP contribution in [-0.2, 0) is 11.8 Å². The molecule has 4 rings (SSSR count). The van der Waals surface area contributed by atoms with E-state index in [0.717, 1.165) is 6.07 Å². The number of nitrogens with two attached hydrogens (primary N) is 2. The Balaban J connectivity index is 1.76. The lowest BCUT2D eigenvalue weighted by molar-refractivity contribution is -0.120. The minimum absolute atomic E-state index is 0.117. The summed E-state index contributed by atoms with van der Waals surface area (Å²) in [5.74, 6) is -6.84. The van der Waals surface area contributed by atoms with Gasteiger partial charge in [0.15, 0.2) is 18.1 Å². The molecule has 2 aromatic heterocycles. The number of aryl methyl sites for hydroxylation is 1. The lowest BCUT2D eigenvalue weighted by atomic mass is 10.2. The van der Waals surface area contributed by atoms with Crippen molar-refractivity contribution < 1.29 is 32.9 Å². The summed E-state index contributed by atoms with van der Waals surface area (Å²) in [5.41, 5.74) is 11.3. The molecule has 0 spiro atoms. The van der Waals surface area contributed by atoms with Gasteiger partial charge in [0.2, 0.25) is 17.4 Å². The normalized spacial score (nSPS) is 10.7.